The summed E-state index contributed by atoms with van der Waals surface area (Å²) in [4.78, 5) is 21.5. The van der Waals surface area contributed by atoms with E-state index in [9.17, 15) is 25.4 Å². The smallest absolute Gasteiger partial charge is 0.320 e. The molecular formula is C20H18Br2N4O9. The van der Waals surface area contributed by atoms with E-state index in [0.717, 1.165) is 0 Å². The molecule has 186 valence electrons. The minimum absolute atomic E-state index is 0.162. The fraction of sp³-hybridized carbons (Fsp3) is 0.400. The van der Waals surface area contributed by atoms with E-state index in [1.165, 1.54) is 12.1 Å². The predicted molar refractivity (Wildman–Crippen MR) is 125 cm³/mol. The molecule has 4 rings (SSSR count). The van der Waals surface area contributed by atoms with Crippen molar-refractivity contribution >= 4 is 43.2 Å². The van der Waals surface area contributed by atoms with Crippen LogP contribution in [0.1, 0.15) is 23.7 Å². The Morgan fingerprint density at radius 2 is 1.09 bits per heavy atom. The van der Waals surface area contributed by atoms with Crippen molar-refractivity contribution in [1.82, 2.24) is 0 Å². The molecule has 0 atom stereocenters. The van der Waals surface area contributed by atoms with Gasteiger partial charge in [0.2, 0.25) is 5.69 Å². The number of nitrogens with zero attached hydrogens (tertiary/aromatic N) is 4. The van der Waals surface area contributed by atoms with Crippen molar-refractivity contribution in [1.29, 1.82) is 0 Å². The molecule has 0 amide bonds. The Hall–Kier alpha value is -2.56. The summed E-state index contributed by atoms with van der Waals surface area (Å²) in [5.41, 5.74) is 1.85. The molecule has 13 nitrogen and oxygen atoms in total. The molecule has 0 aromatic heterocycles. The van der Waals surface area contributed by atoms with Crippen LogP contribution in [-0.2, 0) is 18.9 Å². The van der Waals surface area contributed by atoms with E-state index in [1.54, 1.807) is 36.4 Å². The lowest BCUT2D eigenvalue weighted by molar-refractivity contribution is -0.557. The summed E-state index contributed by atoms with van der Waals surface area (Å²) in [6.45, 7) is -0.667. The molecule has 0 radical (unpaired) electrons. The Bertz CT molecular complexity index is 1110. The maximum atomic E-state index is 12.5. The van der Waals surface area contributed by atoms with Crippen molar-refractivity contribution in [3.8, 4) is 0 Å². The second-order valence-corrected chi connectivity index (χ2v) is 10.8. The van der Waals surface area contributed by atoms with E-state index >= 15 is 0 Å². The summed E-state index contributed by atoms with van der Waals surface area (Å²) >= 11 is 6.02. The lowest BCUT2D eigenvalue weighted by atomic mass is 10.2. The van der Waals surface area contributed by atoms with Crippen LogP contribution in [0.25, 0.3) is 0 Å². The van der Waals surface area contributed by atoms with Crippen LogP contribution in [0.3, 0.4) is 0 Å². The SMILES string of the molecule is O=[N+]([O-])C1(Br)COC(c2ccc(N=[N+]([O-])c3ccc(C4OCC(Br)([N+](=O)[O-])CO4)cc3)cc2)OC1. The zero-order chi connectivity index (χ0) is 25.2. The molecule has 15 heteroatoms. The number of hydrogen-bond donors (Lipinski definition) is 0. The van der Waals surface area contributed by atoms with Crippen LogP contribution in [0.2, 0.25) is 0 Å². The van der Waals surface area contributed by atoms with Gasteiger partial charge in [0.05, 0.1) is 0 Å². The van der Waals surface area contributed by atoms with E-state index in [2.05, 4.69) is 37.0 Å². The first-order valence-corrected chi connectivity index (χ1v) is 11.7. The molecule has 2 fully saturated rings. The van der Waals surface area contributed by atoms with Crippen LogP contribution in [-0.4, -0.2) is 50.0 Å². The van der Waals surface area contributed by atoms with Crippen molar-refractivity contribution in [2.45, 2.75) is 21.5 Å². The van der Waals surface area contributed by atoms with Gasteiger partial charge in [0.15, 0.2) is 12.6 Å². The Kier molecular flexibility index (Phi) is 7.44. The van der Waals surface area contributed by atoms with Crippen LogP contribution >= 0.6 is 31.9 Å². The highest BCUT2D eigenvalue weighted by atomic mass is 79.9. The Balaban J connectivity index is 1.37. The Morgan fingerprint density at radius 3 is 1.46 bits per heavy atom. The quantitative estimate of drug-likeness (QED) is 0.114. The molecule has 2 saturated heterocycles. The second-order valence-electron chi connectivity index (χ2n) is 7.81. The first-order chi connectivity index (χ1) is 16.6. The number of rotatable bonds is 6. The first-order valence-electron chi connectivity index (χ1n) is 10.1. The van der Waals surface area contributed by atoms with E-state index < -0.39 is 31.3 Å². The molecule has 0 unspecified atom stereocenters. The summed E-state index contributed by atoms with van der Waals surface area (Å²) in [7, 11) is 0. The summed E-state index contributed by atoms with van der Waals surface area (Å²) < 4.78 is 18.8. The Labute approximate surface area is 214 Å². The number of alkyl halides is 2. The fourth-order valence-corrected chi connectivity index (χ4v) is 3.74. The van der Waals surface area contributed by atoms with E-state index in [0.29, 0.717) is 21.7 Å². The molecule has 0 aliphatic carbocycles. The van der Waals surface area contributed by atoms with Gasteiger partial charge in [-0.1, -0.05) is 17.0 Å². The molecule has 0 bridgehead atoms. The van der Waals surface area contributed by atoms with E-state index in [-0.39, 0.29) is 32.1 Å². The maximum Gasteiger partial charge on any atom is 0.320 e. The number of azo groups is 1. The van der Waals surface area contributed by atoms with Gasteiger partial charge in [0.25, 0.3) is 0 Å². The average Bonchev–Trinajstić information content (AvgIpc) is 2.85. The van der Waals surface area contributed by atoms with Crippen molar-refractivity contribution in [3.05, 3.63) is 85.1 Å². The van der Waals surface area contributed by atoms with Gasteiger partial charge in [0, 0.05) is 70.1 Å². The molecule has 2 aliphatic heterocycles. The third kappa shape index (κ3) is 5.65. The van der Waals surface area contributed by atoms with Crippen LogP contribution in [0.4, 0.5) is 11.4 Å². The Morgan fingerprint density at radius 1 is 0.714 bits per heavy atom. The van der Waals surface area contributed by atoms with E-state index in [1.807, 2.05) is 0 Å². The predicted octanol–water partition coefficient (Wildman–Crippen LogP) is 4.44. The standard InChI is InChI=1S/C20H18Br2N4O9/c21-19(25(28)29)9-32-17(33-10-19)13-1-5-15(6-2-13)23-24(27)16-7-3-14(4-8-16)18-34-11-20(22,12-35-18)26(30)31/h1-8,17-18H,9-12H2. The average molecular weight is 618 g/mol. The van der Waals surface area contributed by atoms with Gasteiger partial charge in [-0.3, -0.25) is 20.2 Å². The lowest BCUT2D eigenvalue weighted by Gasteiger charge is -2.30. The highest BCUT2D eigenvalue weighted by Gasteiger charge is 2.47. The molecular weight excluding hydrogens is 600 g/mol. The molecule has 2 aromatic rings. The number of nitro groups is 2. The molecule has 2 heterocycles. The summed E-state index contributed by atoms with van der Waals surface area (Å²) in [5, 5.41) is 38.6. The molecule has 2 aromatic carbocycles. The number of benzene rings is 2. The minimum Gasteiger partial charge on any atom is -0.594 e. The normalized spacial score (nSPS) is 29.5. The van der Waals surface area contributed by atoms with E-state index in [4.69, 9.17) is 18.9 Å². The van der Waals surface area contributed by atoms with Crippen molar-refractivity contribution in [3.63, 3.8) is 0 Å². The maximum absolute atomic E-state index is 12.5. The molecule has 0 N–H and O–H groups in total. The van der Waals surface area contributed by atoms with Gasteiger partial charge in [-0.15, -0.1) is 0 Å². The van der Waals surface area contributed by atoms with Crippen LogP contribution in [0.15, 0.2) is 53.6 Å². The first kappa shape index (κ1) is 25.5. The van der Waals surface area contributed by atoms with Gasteiger partial charge in [-0.2, -0.15) is 0 Å². The van der Waals surface area contributed by atoms with Gasteiger partial charge in [0.1, 0.15) is 32.1 Å². The number of halogens is 2. The highest BCUT2D eigenvalue weighted by molar-refractivity contribution is 9.10. The third-order valence-corrected chi connectivity index (χ3v) is 6.73. The van der Waals surface area contributed by atoms with Crippen molar-refractivity contribution in [2.24, 2.45) is 5.11 Å². The van der Waals surface area contributed by atoms with Crippen molar-refractivity contribution in [2.75, 3.05) is 26.4 Å². The van der Waals surface area contributed by atoms with Gasteiger partial charge in [-0.25, -0.2) is 0 Å². The number of hydrogen-bond acceptors (Lipinski definition) is 10. The lowest BCUT2D eigenvalue weighted by Crippen LogP contribution is -2.46. The molecule has 2 aliphatic rings. The third-order valence-electron chi connectivity index (χ3n) is 5.24. The zero-order valence-corrected chi connectivity index (χ0v) is 21.0. The van der Waals surface area contributed by atoms with Gasteiger partial charge >= 0.3 is 8.90 Å². The monoisotopic (exact) mass is 616 g/mol. The van der Waals surface area contributed by atoms with Crippen LogP contribution in [0, 0.1) is 25.4 Å². The van der Waals surface area contributed by atoms with Crippen LogP contribution < -0.4 is 0 Å². The number of ether oxygens (including phenoxy) is 4. The molecule has 0 spiro atoms. The minimum atomic E-state index is -1.48. The summed E-state index contributed by atoms with van der Waals surface area (Å²) in [6, 6.07) is 12.8. The summed E-state index contributed by atoms with van der Waals surface area (Å²) in [5.74, 6) is 0. The van der Waals surface area contributed by atoms with Gasteiger partial charge in [-0.05, 0) is 24.3 Å². The van der Waals surface area contributed by atoms with Gasteiger partial charge < -0.3 is 24.2 Å². The van der Waals surface area contributed by atoms with Crippen molar-refractivity contribution < 1.29 is 33.7 Å². The van der Waals surface area contributed by atoms with Crippen LogP contribution in [0.5, 0.6) is 0 Å². The topological polar surface area (TPSA) is 162 Å². The summed E-state index contributed by atoms with van der Waals surface area (Å²) in [6.07, 6.45) is -1.56. The molecule has 0 saturated carbocycles. The molecule has 35 heavy (non-hydrogen) atoms. The highest BCUT2D eigenvalue weighted by Crippen LogP contribution is 2.34. The largest absolute Gasteiger partial charge is 0.594 e. The second kappa shape index (κ2) is 10.2. The zero-order valence-electron chi connectivity index (χ0n) is 17.8. The fourth-order valence-electron chi connectivity index (χ4n) is 3.21.